The van der Waals surface area contributed by atoms with Crippen LogP contribution in [0.3, 0.4) is 0 Å². The van der Waals surface area contributed by atoms with E-state index in [4.69, 9.17) is 16.3 Å². The Hall–Kier alpha value is -2.83. The second kappa shape index (κ2) is 9.54. The molecule has 0 bridgehead atoms. The molecule has 3 rings (SSSR count). The number of carbonyl (C=O) groups is 2. The molecular weight excluding hydrogens is 416 g/mol. The summed E-state index contributed by atoms with van der Waals surface area (Å²) in [6, 6.07) is 13.1. The van der Waals surface area contributed by atoms with Crippen LogP contribution in [0.25, 0.3) is 5.76 Å². The number of benzene rings is 2. The van der Waals surface area contributed by atoms with Crippen LogP contribution in [0.1, 0.15) is 31.0 Å². The summed E-state index contributed by atoms with van der Waals surface area (Å²) in [5, 5.41) is 11.5. The third-order valence-electron chi connectivity index (χ3n) is 4.97. The Kier molecular flexibility index (Phi) is 7.03. The number of halogens is 1. The second-order valence-corrected chi connectivity index (χ2v) is 8.48. The standard InChI is InChI=1S/C24H27ClN2O4/c1-15(2)31-19-10-6-7-16(14-19)21-20(22(28)17-8-5-9-18(25)13-17)23(29)24(30)27(21)12-11-26(3)4/h5-10,13-15,21,28H,11-12H2,1-4H3/b22-20-. The van der Waals surface area contributed by atoms with Crippen molar-refractivity contribution in [2.45, 2.75) is 26.0 Å². The van der Waals surface area contributed by atoms with E-state index in [-0.39, 0.29) is 17.4 Å². The van der Waals surface area contributed by atoms with Gasteiger partial charge in [-0.15, -0.1) is 0 Å². The van der Waals surface area contributed by atoms with Crippen molar-refractivity contribution in [2.24, 2.45) is 0 Å². The van der Waals surface area contributed by atoms with Crippen LogP contribution >= 0.6 is 11.6 Å². The lowest BCUT2D eigenvalue weighted by Crippen LogP contribution is -2.35. The highest BCUT2D eigenvalue weighted by Crippen LogP contribution is 2.40. The van der Waals surface area contributed by atoms with Crippen molar-refractivity contribution >= 4 is 29.1 Å². The average molecular weight is 443 g/mol. The van der Waals surface area contributed by atoms with Gasteiger partial charge < -0.3 is 19.6 Å². The van der Waals surface area contributed by atoms with Gasteiger partial charge in [-0.25, -0.2) is 0 Å². The first-order valence-corrected chi connectivity index (χ1v) is 10.5. The third-order valence-corrected chi connectivity index (χ3v) is 5.21. The highest BCUT2D eigenvalue weighted by Gasteiger charge is 2.46. The Morgan fingerprint density at radius 3 is 2.52 bits per heavy atom. The zero-order valence-electron chi connectivity index (χ0n) is 18.1. The fourth-order valence-corrected chi connectivity index (χ4v) is 3.78. The van der Waals surface area contributed by atoms with Gasteiger partial charge >= 0.3 is 0 Å². The van der Waals surface area contributed by atoms with E-state index < -0.39 is 17.7 Å². The summed E-state index contributed by atoms with van der Waals surface area (Å²) in [5.74, 6) is -0.955. The lowest BCUT2D eigenvalue weighted by atomic mass is 9.95. The molecule has 31 heavy (non-hydrogen) atoms. The molecule has 1 aliphatic heterocycles. The smallest absolute Gasteiger partial charge is 0.295 e. The normalized spacial score (nSPS) is 18.3. The van der Waals surface area contributed by atoms with Gasteiger partial charge in [-0.3, -0.25) is 9.59 Å². The summed E-state index contributed by atoms with van der Waals surface area (Å²) >= 11 is 6.08. The number of ether oxygens (including phenoxy) is 1. The predicted molar refractivity (Wildman–Crippen MR) is 121 cm³/mol. The maximum absolute atomic E-state index is 13.0. The summed E-state index contributed by atoms with van der Waals surface area (Å²) < 4.78 is 5.81. The fraction of sp³-hybridized carbons (Fsp3) is 0.333. The molecule has 7 heteroatoms. The molecule has 0 radical (unpaired) electrons. The number of hydrogen-bond donors (Lipinski definition) is 1. The lowest BCUT2D eigenvalue weighted by Gasteiger charge is -2.27. The summed E-state index contributed by atoms with van der Waals surface area (Å²) in [5.41, 5.74) is 1.13. The number of aliphatic hydroxyl groups excluding tert-OH is 1. The van der Waals surface area contributed by atoms with E-state index in [1.54, 1.807) is 24.3 Å². The molecule has 1 atom stereocenters. The molecule has 0 aromatic heterocycles. The number of hydrogen-bond acceptors (Lipinski definition) is 5. The molecule has 1 saturated heterocycles. The molecule has 6 nitrogen and oxygen atoms in total. The summed E-state index contributed by atoms with van der Waals surface area (Å²) in [4.78, 5) is 29.4. The highest BCUT2D eigenvalue weighted by molar-refractivity contribution is 6.46. The van der Waals surface area contributed by atoms with Crippen molar-refractivity contribution in [1.29, 1.82) is 0 Å². The predicted octanol–water partition coefficient (Wildman–Crippen LogP) is 4.11. The number of carbonyl (C=O) groups excluding carboxylic acids is 2. The van der Waals surface area contributed by atoms with Gasteiger partial charge in [-0.05, 0) is 57.8 Å². The number of ketones is 1. The molecule has 0 saturated carbocycles. The van der Waals surface area contributed by atoms with E-state index in [2.05, 4.69) is 0 Å². The van der Waals surface area contributed by atoms with Gasteiger partial charge in [0.2, 0.25) is 0 Å². The van der Waals surface area contributed by atoms with Gasteiger partial charge in [0.05, 0.1) is 17.7 Å². The summed E-state index contributed by atoms with van der Waals surface area (Å²) in [7, 11) is 3.79. The summed E-state index contributed by atoms with van der Waals surface area (Å²) in [6.45, 7) is 4.76. The maximum atomic E-state index is 13.0. The Labute approximate surface area is 187 Å². The van der Waals surface area contributed by atoms with Gasteiger partial charge in [-0.2, -0.15) is 0 Å². The number of nitrogens with zero attached hydrogens (tertiary/aromatic N) is 2. The minimum absolute atomic E-state index is 0.0261. The largest absolute Gasteiger partial charge is 0.507 e. The van der Waals surface area contributed by atoms with Crippen molar-refractivity contribution in [1.82, 2.24) is 9.80 Å². The number of rotatable bonds is 7. The molecule has 1 aliphatic rings. The molecule has 2 aromatic carbocycles. The van der Waals surface area contributed by atoms with Crippen LogP contribution in [-0.4, -0.2) is 59.9 Å². The van der Waals surface area contributed by atoms with Crippen LogP contribution < -0.4 is 4.74 Å². The van der Waals surface area contributed by atoms with Gasteiger partial charge in [0.1, 0.15) is 11.5 Å². The topological polar surface area (TPSA) is 70.1 Å². The Bertz CT molecular complexity index is 1020. The molecule has 1 fully saturated rings. The second-order valence-electron chi connectivity index (χ2n) is 8.05. The van der Waals surface area contributed by atoms with E-state index >= 15 is 0 Å². The molecule has 1 unspecified atom stereocenters. The lowest BCUT2D eigenvalue weighted by molar-refractivity contribution is -0.140. The van der Waals surface area contributed by atoms with E-state index in [1.807, 2.05) is 57.1 Å². The number of aliphatic hydroxyl groups is 1. The van der Waals surface area contributed by atoms with Gasteiger partial charge in [0, 0.05) is 23.7 Å². The van der Waals surface area contributed by atoms with Crippen LogP contribution in [0.4, 0.5) is 0 Å². The Morgan fingerprint density at radius 2 is 1.87 bits per heavy atom. The van der Waals surface area contributed by atoms with Crippen LogP contribution in [-0.2, 0) is 9.59 Å². The number of amides is 1. The molecule has 1 N–H and O–H groups in total. The van der Waals surface area contributed by atoms with Crippen molar-refractivity contribution in [3.8, 4) is 5.75 Å². The Morgan fingerprint density at radius 1 is 1.16 bits per heavy atom. The molecule has 0 spiro atoms. The molecule has 1 heterocycles. The molecule has 0 aliphatic carbocycles. The van der Waals surface area contributed by atoms with Crippen LogP contribution in [0.15, 0.2) is 54.1 Å². The number of likely N-dealkylation sites (N-methyl/N-ethyl adjacent to an activating group) is 1. The molecule has 1 amide bonds. The quantitative estimate of drug-likeness (QED) is 0.397. The minimum Gasteiger partial charge on any atom is -0.507 e. The summed E-state index contributed by atoms with van der Waals surface area (Å²) in [6.07, 6.45) is -0.0261. The van der Waals surface area contributed by atoms with Crippen LogP contribution in [0.2, 0.25) is 5.02 Å². The van der Waals surface area contributed by atoms with Crippen molar-refractivity contribution < 1.29 is 19.4 Å². The number of likely N-dealkylation sites (tertiary alicyclic amines) is 1. The van der Waals surface area contributed by atoms with E-state index in [0.717, 1.165) is 0 Å². The first-order valence-electron chi connectivity index (χ1n) is 10.1. The van der Waals surface area contributed by atoms with Crippen molar-refractivity contribution in [2.75, 3.05) is 27.2 Å². The van der Waals surface area contributed by atoms with Gasteiger partial charge in [0.15, 0.2) is 0 Å². The molecule has 164 valence electrons. The van der Waals surface area contributed by atoms with Gasteiger partial charge in [0.25, 0.3) is 11.7 Å². The monoisotopic (exact) mass is 442 g/mol. The van der Waals surface area contributed by atoms with Crippen LogP contribution in [0.5, 0.6) is 5.75 Å². The van der Waals surface area contributed by atoms with Crippen molar-refractivity contribution in [3.05, 3.63) is 70.3 Å². The number of Topliss-reactive ketones (excluding diaryl/α,β-unsaturated/α-hetero) is 1. The van der Waals surface area contributed by atoms with E-state index in [0.29, 0.717) is 35.0 Å². The van der Waals surface area contributed by atoms with Crippen molar-refractivity contribution in [3.63, 3.8) is 0 Å². The molecular formula is C24H27ClN2O4. The average Bonchev–Trinajstić information content (AvgIpc) is 2.96. The Balaban J connectivity index is 2.15. The van der Waals surface area contributed by atoms with Gasteiger partial charge in [-0.1, -0.05) is 35.9 Å². The zero-order valence-corrected chi connectivity index (χ0v) is 18.9. The maximum Gasteiger partial charge on any atom is 0.295 e. The first-order chi connectivity index (χ1) is 14.7. The van der Waals surface area contributed by atoms with E-state index in [1.165, 1.54) is 4.90 Å². The van der Waals surface area contributed by atoms with Crippen LogP contribution in [0, 0.1) is 0 Å². The fourth-order valence-electron chi connectivity index (χ4n) is 3.59. The minimum atomic E-state index is -0.727. The highest BCUT2D eigenvalue weighted by atomic mass is 35.5. The van der Waals surface area contributed by atoms with E-state index in [9.17, 15) is 14.7 Å². The molecule has 2 aromatic rings. The third kappa shape index (κ3) is 5.09. The zero-order chi connectivity index (χ0) is 22.7. The first kappa shape index (κ1) is 22.8. The SMILES string of the molecule is CC(C)Oc1cccc(C2/C(=C(/O)c3cccc(Cl)c3)C(=O)C(=O)N2CCN(C)C)c1.